The standard InChI is InChI=1S/C12H10ClN3/c13-9-2-1-3-12(8-9)16-15-11-6-4-10(14)5-7-11/h1-8H,14H2/b16-15+. The smallest absolute Gasteiger partial charge is 0.0871 e. The van der Waals surface area contributed by atoms with Gasteiger partial charge in [0, 0.05) is 10.7 Å². The molecule has 0 saturated heterocycles. The highest BCUT2D eigenvalue weighted by atomic mass is 35.5. The SMILES string of the molecule is Nc1ccc(/N=N/c2cccc(Cl)c2)cc1. The number of benzene rings is 2. The summed E-state index contributed by atoms with van der Waals surface area (Å²) < 4.78 is 0. The summed E-state index contributed by atoms with van der Waals surface area (Å²) >= 11 is 5.83. The molecule has 80 valence electrons. The summed E-state index contributed by atoms with van der Waals surface area (Å²) in [5, 5.41) is 8.78. The number of nitrogens with zero attached hydrogens (tertiary/aromatic N) is 2. The van der Waals surface area contributed by atoms with Gasteiger partial charge in [-0.15, -0.1) is 0 Å². The predicted octanol–water partition coefficient (Wildman–Crippen LogP) is 4.34. The van der Waals surface area contributed by atoms with E-state index in [4.69, 9.17) is 17.3 Å². The van der Waals surface area contributed by atoms with E-state index in [0.717, 1.165) is 11.4 Å². The van der Waals surface area contributed by atoms with E-state index in [1.807, 2.05) is 24.3 Å². The fraction of sp³-hybridized carbons (Fsp3) is 0. The zero-order chi connectivity index (χ0) is 11.4. The summed E-state index contributed by atoms with van der Waals surface area (Å²) in [5.41, 5.74) is 7.76. The molecule has 16 heavy (non-hydrogen) atoms. The van der Waals surface area contributed by atoms with Gasteiger partial charge >= 0.3 is 0 Å². The van der Waals surface area contributed by atoms with E-state index in [-0.39, 0.29) is 0 Å². The van der Waals surface area contributed by atoms with Gasteiger partial charge in [0.1, 0.15) is 0 Å². The molecule has 0 unspecified atom stereocenters. The highest BCUT2D eigenvalue weighted by Gasteiger charge is 1.92. The van der Waals surface area contributed by atoms with Crippen LogP contribution in [0.4, 0.5) is 17.1 Å². The molecule has 4 heteroatoms. The van der Waals surface area contributed by atoms with Crippen LogP contribution in [0.1, 0.15) is 0 Å². The minimum Gasteiger partial charge on any atom is -0.399 e. The highest BCUT2D eigenvalue weighted by Crippen LogP contribution is 2.21. The lowest BCUT2D eigenvalue weighted by molar-refractivity contribution is 1.23. The molecular weight excluding hydrogens is 222 g/mol. The molecule has 0 saturated carbocycles. The van der Waals surface area contributed by atoms with E-state index in [0.29, 0.717) is 10.7 Å². The van der Waals surface area contributed by atoms with Gasteiger partial charge in [0.2, 0.25) is 0 Å². The fourth-order valence-electron chi connectivity index (χ4n) is 1.19. The molecule has 0 radical (unpaired) electrons. The maximum absolute atomic E-state index is 5.83. The zero-order valence-corrected chi connectivity index (χ0v) is 9.22. The van der Waals surface area contributed by atoms with Crippen molar-refractivity contribution in [1.29, 1.82) is 0 Å². The summed E-state index contributed by atoms with van der Waals surface area (Å²) in [6, 6.07) is 14.4. The Bertz CT molecular complexity index is 506. The lowest BCUT2D eigenvalue weighted by atomic mass is 10.3. The van der Waals surface area contributed by atoms with E-state index >= 15 is 0 Å². The van der Waals surface area contributed by atoms with Crippen LogP contribution < -0.4 is 5.73 Å². The molecule has 3 nitrogen and oxygen atoms in total. The van der Waals surface area contributed by atoms with E-state index in [2.05, 4.69) is 10.2 Å². The van der Waals surface area contributed by atoms with Gasteiger partial charge in [-0.2, -0.15) is 10.2 Å². The second-order valence-electron chi connectivity index (χ2n) is 3.27. The summed E-state index contributed by atoms with van der Waals surface area (Å²) in [5.74, 6) is 0. The molecule has 2 aromatic rings. The van der Waals surface area contributed by atoms with Crippen molar-refractivity contribution in [1.82, 2.24) is 0 Å². The number of hydrogen-bond donors (Lipinski definition) is 1. The molecule has 0 bridgehead atoms. The van der Waals surface area contributed by atoms with Crippen molar-refractivity contribution in [2.24, 2.45) is 10.2 Å². The van der Waals surface area contributed by atoms with Gasteiger partial charge in [-0.1, -0.05) is 17.7 Å². The van der Waals surface area contributed by atoms with Gasteiger partial charge in [-0.3, -0.25) is 0 Å². The first kappa shape index (κ1) is 10.6. The molecule has 2 rings (SSSR count). The molecule has 0 atom stereocenters. The predicted molar refractivity (Wildman–Crippen MR) is 66.5 cm³/mol. The first-order valence-corrected chi connectivity index (χ1v) is 5.15. The maximum atomic E-state index is 5.83. The Balaban J connectivity index is 2.18. The summed E-state index contributed by atoms with van der Waals surface area (Å²) in [7, 11) is 0. The molecule has 0 aromatic heterocycles. The van der Waals surface area contributed by atoms with E-state index < -0.39 is 0 Å². The van der Waals surface area contributed by atoms with Crippen LogP contribution in [0.3, 0.4) is 0 Å². The van der Waals surface area contributed by atoms with Gasteiger partial charge in [0.05, 0.1) is 11.4 Å². The number of nitrogen functional groups attached to an aromatic ring is 1. The van der Waals surface area contributed by atoms with Crippen LogP contribution in [0.2, 0.25) is 5.02 Å². The number of nitrogens with two attached hydrogens (primary N) is 1. The summed E-state index contributed by atoms with van der Waals surface area (Å²) in [6.07, 6.45) is 0. The Morgan fingerprint density at radius 2 is 1.56 bits per heavy atom. The van der Waals surface area contributed by atoms with Crippen LogP contribution in [0.25, 0.3) is 0 Å². The van der Waals surface area contributed by atoms with Gasteiger partial charge in [-0.25, -0.2) is 0 Å². The van der Waals surface area contributed by atoms with Crippen LogP contribution in [-0.4, -0.2) is 0 Å². The third-order valence-corrected chi connectivity index (χ3v) is 2.22. The lowest BCUT2D eigenvalue weighted by Crippen LogP contribution is -1.80. The number of hydrogen-bond acceptors (Lipinski definition) is 3. The number of halogens is 1. The molecule has 2 aromatic carbocycles. The third-order valence-electron chi connectivity index (χ3n) is 1.98. The molecule has 0 amide bonds. The van der Waals surface area contributed by atoms with Crippen LogP contribution in [-0.2, 0) is 0 Å². The first-order valence-electron chi connectivity index (χ1n) is 4.77. The van der Waals surface area contributed by atoms with Crippen molar-refractivity contribution in [2.45, 2.75) is 0 Å². The molecule has 0 heterocycles. The molecule has 0 spiro atoms. The van der Waals surface area contributed by atoms with Crippen LogP contribution in [0, 0.1) is 0 Å². The Morgan fingerprint density at radius 1 is 0.875 bits per heavy atom. The lowest BCUT2D eigenvalue weighted by Gasteiger charge is -1.95. The van der Waals surface area contributed by atoms with E-state index in [1.165, 1.54) is 0 Å². The molecule has 2 N–H and O–H groups in total. The normalized spacial score (nSPS) is 10.8. The van der Waals surface area contributed by atoms with Gasteiger partial charge < -0.3 is 5.73 Å². The quantitative estimate of drug-likeness (QED) is 0.607. The van der Waals surface area contributed by atoms with Gasteiger partial charge in [-0.05, 0) is 42.5 Å². The maximum Gasteiger partial charge on any atom is 0.0871 e. The molecule has 0 aliphatic rings. The minimum absolute atomic E-state index is 0.647. The van der Waals surface area contributed by atoms with Crippen molar-refractivity contribution in [2.75, 3.05) is 5.73 Å². The average molecular weight is 232 g/mol. The minimum atomic E-state index is 0.647. The Hall–Kier alpha value is -1.87. The Kier molecular flexibility index (Phi) is 3.17. The number of anilines is 1. The van der Waals surface area contributed by atoms with Crippen LogP contribution in [0.5, 0.6) is 0 Å². The third kappa shape index (κ3) is 2.81. The van der Waals surface area contributed by atoms with Gasteiger partial charge in [0.25, 0.3) is 0 Å². The second-order valence-corrected chi connectivity index (χ2v) is 3.71. The highest BCUT2D eigenvalue weighted by molar-refractivity contribution is 6.30. The fourth-order valence-corrected chi connectivity index (χ4v) is 1.38. The largest absolute Gasteiger partial charge is 0.399 e. The topological polar surface area (TPSA) is 50.7 Å². The van der Waals surface area contributed by atoms with Crippen molar-refractivity contribution in [3.63, 3.8) is 0 Å². The number of rotatable bonds is 2. The Morgan fingerprint density at radius 3 is 2.25 bits per heavy atom. The summed E-state index contributed by atoms with van der Waals surface area (Å²) in [4.78, 5) is 0. The van der Waals surface area contributed by atoms with Crippen molar-refractivity contribution >= 4 is 28.7 Å². The van der Waals surface area contributed by atoms with Gasteiger partial charge in [0.15, 0.2) is 0 Å². The van der Waals surface area contributed by atoms with Crippen LogP contribution in [0.15, 0.2) is 58.8 Å². The molecule has 0 aliphatic carbocycles. The van der Waals surface area contributed by atoms with Crippen molar-refractivity contribution < 1.29 is 0 Å². The van der Waals surface area contributed by atoms with Crippen molar-refractivity contribution in [3.05, 3.63) is 53.6 Å². The second kappa shape index (κ2) is 4.77. The van der Waals surface area contributed by atoms with Crippen molar-refractivity contribution in [3.8, 4) is 0 Å². The monoisotopic (exact) mass is 231 g/mol. The average Bonchev–Trinajstić information content (AvgIpc) is 2.28. The van der Waals surface area contributed by atoms with E-state index in [1.54, 1.807) is 24.3 Å². The Labute approximate surface area is 98.6 Å². The molecular formula is C12H10ClN3. The molecule has 0 fully saturated rings. The number of azo groups is 1. The van der Waals surface area contributed by atoms with Crippen LogP contribution >= 0.6 is 11.6 Å². The first-order chi connectivity index (χ1) is 7.74. The summed E-state index contributed by atoms with van der Waals surface area (Å²) in [6.45, 7) is 0. The molecule has 0 aliphatic heterocycles. The zero-order valence-electron chi connectivity index (χ0n) is 8.47. The van der Waals surface area contributed by atoms with E-state index in [9.17, 15) is 0 Å².